The minimum Gasteiger partial charge on any atom is -0.481 e. The van der Waals surface area contributed by atoms with Crippen molar-refractivity contribution in [3.8, 4) is 16.9 Å². The topological polar surface area (TPSA) is 83.9 Å². The van der Waals surface area contributed by atoms with E-state index in [4.69, 9.17) is 5.11 Å². The molecule has 13 heteroatoms. The fourth-order valence-corrected chi connectivity index (χ4v) is 6.29. The Morgan fingerprint density at radius 2 is 1.79 bits per heavy atom. The highest BCUT2D eigenvalue weighted by Gasteiger charge is 2.40. The second-order valence-electron chi connectivity index (χ2n) is 8.87. The summed E-state index contributed by atoms with van der Waals surface area (Å²) < 4.78 is 112. The van der Waals surface area contributed by atoms with Gasteiger partial charge in [0, 0.05) is 18.5 Å². The van der Waals surface area contributed by atoms with Gasteiger partial charge in [-0.2, -0.15) is 22.0 Å². The number of hydrogen-bond donors (Lipinski definition) is 1. The molecule has 0 aliphatic carbocycles. The summed E-state index contributed by atoms with van der Waals surface area (Å²) in [5, 5.41) is 9.01. The number of ether oxygens (including phenoxy) is 1. The number of fused-ring (bicyclic) bond motifs is 1. The van der Waals surface area contributed by atoms with Crippen molar-refractivity contribution in [2.24, 2.45) is 0 Å². The Balaban J connectivity index is 1.80. The fourth-order valence-electron chi connectivity index (χ4n) is 4.54. The molecule has 0 aromatic heterocycles. The third-order valence-electron chi connectivity index (χ3n) is 6.19. The molecule has 0 fully saturated rings. The van der Waals surface area contributed by atoms with Gasteiger partial charge in [0.2, 0.25) is 0 Å². The minimum absolute atomic E-state index is 0.0965. The van der Waals surface area contributed by atoms with E-state index < -0.39 is 56.8 Å². The van der Waals surface area contributed by atoms with Crippen LogP contribution >= 0.6 is 0 Å². The first kappa shape index (κ1) is 28.3. The molecular formula is C26H21F6NO5S. The summed E-state index contributed by atoms with van der Waals surface area (Å²) in [7, 11) is -4.58. The third-order valence-corrected chi connectivity index (χ3v) is 8.05. The van der Waals surface area contributed by atoms with Gasteiger partial charge < -0.3 is 9.84 Å². The van der Waals surface area contributed by atoms with Crippen LogP contribution in [0.25, 0.3) is 11.1 Å². The molecule has 3 aromatic carbocycles. The van der Waals surface area contributed by atoms with Gasteiger partial charge in [0.05, 0.1) is 16.1 Å². The standard InChI is InChI=1S/C26H21F6NO5S/c27-19-9-17(11-21(14-19)38-25(28)29)15-7-8-16-10-20(4-2-6-24(34)35)33(23(16)12-15)39(36,37)22-5-1-3-18(13-22)26(30,31)32/h1,3,5,7-9,11-14,20,25H,2,4,6,10H2,(H,34,35). The van der Waals surface area contributed by atoms with Gasteiger partial charge in [-0.15, -0.1) is 0 Å². The quantitative estimate of drug-likeness (QED) is 0.296. The van der Waals surface area contributed by atoms with Crippen molar-refractivity contribution in [3.05, 3.63) is 77.6 Å². The number of aliphatic carboxylic acids is 1. The first-order chi connectivity index (χ1) is 18.3. The van der Waals surface area contributed by atoms with E-state index in [0.29, 0.717) is 11.6 Å². The van der Waals surface area contributed by atoms with E-state index in [1.165, 1.54) is 12.1 Å². The Hall–Kier alpha value is -3.74. The molecule has 1 aliphatic heterocycles. The summed E-state index contributed by atoms with van der Waals surface area (Å²) >= 11 is 0. The van der Waals surface area contributed by atoms with E-state index >= 15 is 0 Å². The lowest BCUT2D eigenvalue weighted by molar-refractivity contribution is -0.138. The lowest BCUT2D eigenvalue weighted by atomic mass is 10.0. The van der Waals surface area contributed by atoms with Crippen LogP contribution in [0.3, 0.4) is 0 Å². The number of nitrogens with zero attached hydrogens (tertiary/aromatic N) is 1. The number of sulfonamides is 1. The van der Waals surface area contributed by atoms with Crippen LogP contribution in [0.5, 0.6) is 5.75 Å². The second kappa shape index (κ2) is 10.8. The van der Waals surface area contributed by atoms with Crippen molar-refractivity contribution in [2.45, 2.75) is 49.4 Å². The van der Waals surface area contributed by atoms with Gasteiger partial charge in [0.1, 0.15) is 11.6 Å². The van der Waals surface area contributed by atoms with Crippen LogP contribution in [0, 0.1) is 5.82 Å². The number of anilines is 1. The Labute approximate surface area is 219 Å². The molecule has 0 radical (unpaired) electrons. The SMILES string of the molecule is O=C(O)CCCC1Cc2ccc(-c3cc(F)cc(OC(F)F)c3)cc2N1S(=O)(=O)c1cccc(C(F)(F)F)c1. The number of hydrogen-bond acceptors (Lipinski definition) is 4. The predicted molar refractivity (Wildman–Crippen MR) is 129 cm³/mol. The van der Waals surface area contributed by atoms with Crippen molar-refractivity contribution < 1.29 is 49.4 Å². The summed E-state index contributed by atoms with van der Waals surface area (Å²) in [4.78, 5) is 10.4. The van der Waals surface area contributed by atoms with Crippen molar-refractivity contribution in [1.29, 1.82) is 0 Å². The molecule has 1 atom stereocenters. The van der Waals surface area contributed by atoms with Crippen LogP contribution in [0.2, 0.25) is 0 Å². The zero-order valence-electron chi connectivity index (χ0n) is 20.0. The van der Waals surface area contributed by atoms with Crippen molar-refractivity contribution in [2.75, 3.05) is 4.31 Å². The summed E-state index contributed by atoms with van der Waals surface area (Å²) in [5.74, 6) is -2.43. The van der Waals surface area contributed by atoms with Gasteiger partial charge in [0.15, 0.2) is 0 Å². The number of carboxylic acid groups (broad SMARTS) is 1. The number of carboxylic acids is 1. The molecule has 0 saturated carbocycles. The maximum atomic E-state index is 14.2. The van der Waals surface area contributed by atoms with Crippen molar-refractivity contribution in [3.63, 3.8) is 0 Å². The van der Waals surface area contributed by atoms with E-state index in [9.17, 15) is 39.6 Å². The zero-order chi connectivity index (χ0) is 28.5. The lowest BCUT2D eigenvalue weighted by Crippen LogP contribution is -2.38. The molecule has 208 valence electrons. The molecule has 1 unspecified atom stereocenters. The Morgan fingerprint density at radius 1 is 1.05 bits per heavy atom. The van der Waals surface area contributed by atoms with Crippen LogP contribution < -0.4 is 9.04 Å². The number of halogens is 6. The average molecular weight is 574 g/mol. The van der Waals surface area contributed by atoms with Gasteiger partial charge in [-0.05, 0) is 72.4 Å². The van der Waals surface area contributed by atoms with Crippen LogP contribution in [0.15, 0.2) is 65.6 Å². The van der Waals surface area contributed by atoms with Gasteiger partial charge >= 0.3 is 18.8 Å². The number of rotatable bonds is 9. The molecule has 1 heterocycles. The number of carbonyl (C=O) groups is 1. The zero-order valence-corrected chi connectivity index (χ0v) is 20.8. The molecule has 4 rings (SSSR count). The molecule has 0 spiro atoms. The maximum absolute atomic E-state index is 14.2. The second-order valence-corrected chi connectivity index (χ2v) is 10.7. The van der Waals surface area contributed by atoms with Crippen LogP contribution in [-0.2, 0) is 27.4 Å². The monoisotopic (exact) mass is 573 g/mol. The Kier molecular flexibility index (Phi) is 7.82. The molecular weight excluding hydrogens is 552 g/mol. The van der Waals surface area contributed by atoms with E-state index in [0.717, 1.165) is 40.7 Å². The first-order valence-corrected chi connectivity index (χ1v) is 13.0. The first-order valence-electron chi connectivity index (χ1n) is 11.6. The van der Waals surface area contributed by atoms with E-state index in [1.54, 1.807) is 6.07 Å². The highest BCUT2D eigenvalue weighted by Crippen LogP contribution is 2.42. The van der Waals surface area contributed by atoms with Crippen LogP contribution in [0.1, 0.15) is 30.4 Å². The maximum Gasteiger partial charge on any atom is 0.416 e. The third kappa shape index (κ3) is 6.29. The smallest absolute Gasteiger partial charge is 0.416 e. The molecule has 1 N–H and O–H groups in total. The highest BCUT2D eigenvalue weighted by atomic mass is 32.2. The summed E-state index contributed by atoms with van der Waals surface area (Å²) in [6.07, 6.45) is -4.69. The summed E-state index contributed by atoms with van der Waals surface area (Å²) in [6.45, 7) is -3.21. The van der Waals surface area contributed by atoms with E-state index in [1.807, 2.05) is 0 Å². The average Bonchev–Trinajstić information content (AvgIpc) is 3.20. The lowest BCUT2D eigenvalue weighted by Gasteiger charge is -2.27. The largest absolute Gasteiger partial charge is 0.481 e. The molecule has 0 bridgehead atoms. The highest BCUT2D eigenvalue weighted by molar-refractivity contribution is 7.92. The molecule has 39 heavy (non-hydrogen) atoms. The number of benzene rings is 3. The molecule has 3 aromatic rings. The van der Waals surface area contributed by atoms with Gasteiger partial charge in [-0.1, -0.05) is 18.2 Å². The summed E-state index contributed by atoms with van der Waals surface area (Å²) in [6, 6.07) is 9.83. The molecule has 6 nitrogen and oxygen atoms in total. The molecule has 1 aliphatic rings. The Bertz CT molecular complexity index is 1490. The predicted octanol–water partition coefficient (Wildman–Crippen LogP) is 6.49. The van der Waals surface area contributed by atoms with Crippen LogP contribution in [0.4, 0.5) is 32.0 Å². The summed E-state index contributed by atoms with van der Waals surface area (Å²) in [5.41, 5.74) is -0.214. The minimum atomic E-state index is -4.79. The van der Waals surface area contributed by atoms with Crippen molar-refractivity contribution in [1.82, 2.24) is 0 Å². The number of alkyl halides is 5. The van der Waals surface area contributed by atoms with Gasteiger partial charge in [-0.25, -0.2) is 12.8 Å². The fraction of sp³-hybridized carbons (Fsp3) is 0.269. The normalized spacial score (nSPS) is 15.5. The van der Waals surface area contributed by atoms with Crippen molar-refractivity contribution >= 4 is 21.7 Å². The van der Waals surface area contributed by atoms with E-state index in [2.05, 4.69) is 4.74 Å². The van der Waals surface area contributed by atoms with Gasteiger partial charge in [0.25, 0.3) is 10.0 Å². The molecule has 0 saturated heterocycles. The van der Waals surface area contributed by atoms with Gasteiger partial charge in [-0.3, -0.25) is 9.10 Å². The van der Waals surface area contributed by atoms with E-state index in [-0.39, 0.29) is 42.5 Å². The molecule has 0 amide bonds. The Morgan fingerprint density at radius 3 is 2.46 bits per heavy atom. The van der Waals surface area contributed by atoms with Crippen LogP contribution in [-0.4, -0.2) is 32.1 Å².